The van der Waals surface area contributed by atoms with E-state index < -0.39 is 22.8 Å². The number of amides is 3. The summed E-state index contributed by atoms with van der Waals surface area (Å²) in [7, 11) is 0. The number of nitrogens with one attached hydrogen (secondary N) is 4. The fourth-order valence-corrected chi connectivity index (χ4v) is 4.58. The van der Waals surface area contributed by atoms with Gasteiger partial charge >= 0.3 is 12.2 Å². The average molecular weight is 539 g/mol. The normalized spacial score (nSPS) is 15.3. The minimum absolute atomic E-state index is 0.0183. The van der Waals surface area contributed by atoms with Gasteiger partial charge in [-0.3, -0.25) is 4.79 Å². The molecule has 12 heteroatoms. The first-order chi connectivity index (χ1) is 17.7. The maximum absolute atomic E-state index is 13.1. The fraction of sp³-hybridized carbons (Fsp3) is 0.360. The Morgan fingerprint density at radius 1 is 1.16 bits per heavy atom. The number of rotatable bonds is 8. The number of alkyl halides is 3. The van der Waals surface area contributed by atoms with Crippen LogP contribution in [-0.4, -0.2) is 54.4 Å². The Bertz CT molecular complexity index is 1290. The number of aromatic amines is 1. The lowest BCUT2D eigenvalue weighted by Crippen LogP contribution is -2.41. The summed E-state index contributed by atoms with van der Waals surface area (Å²) in [6, 6.07) is 7.68. The van der Waals surface area contributed by atoms with Gasteiger partial charge in [0.1, 0.15) is 0 Å². The van der Waals surface area contributed by atoms with E-state index in [-0.39, 0.29) is 37.5 Å². The van der Waals surface area contributed by atoms with E-state index in [1.54, 1.807) is 12.1 Å². The van der Waals surface area contributed by atoms with Gasteiger partial charge in [0, 0.05) is 40.4 Å². The van der Waals surface area contributed by atoms with Crippen LogP contribution in [0.15, 0.2) is 36.4 Å². The third-order valence-corrected chi connectivity index (χ3v) is 6.41. The Labute approximate surface area is 215 Å². The molecule has 37 heavy (non-hydrogen) atoms. The van der Waals surface area contributed by atoms with Crippen molar-refractivity contribution in [2.75, 3.05) is 31.7 Å². The van der Waals surface area contributed by atoms with Gasteiger partial charge in [-0.1, -0.05) is 11.6 Å². The molecular formula is C25H26ClF3N4O4. The molecule has 0 aliphatic heterocycles. The van der Waals surface area contributed by atoms with Crippen LogP contribution in [0.4, 0.5) is 23.7 Å². The van der Waals surface area contributed by atoms with Crippen molar-refractivity contribution in [2.24, 2.45) is 0 Å². The molecule has 0 radical (unpaired) electrons. The Morgan fingerprint density at radius 2 is 1.97 bits per heavy atom. The SMILES string of the molecule is O=C(Nc1ccc(Cl)c(C(F)(F)F)c1)NC1CCc2[nH]c3ccc(C(=O)NCCOCCO)cc3c2C1. The number of benzene rings is 2. The molecule has 3 amide bonds. The van der Waals surface area contributed by atoms with Crippen molar-refractivity contribution in [1.82, 2.24) is 15.6 Å². The van der Waals surface area contributed by atoms with Crippen LogP contribution in [0.5, 0.6) is 0 Å². The number of carbonyl (C=O) groups excluding carboxylic acids is 2. The maximum atomic E-state index is 13.1. The van der Waals surface area contributed by atoms with E-state index in [2.05, 4.69) is 20.9 Å². The number of H-pyrrole nitrogens is 1. The zero-order valence-corrected chi connectivity index (χ0v) is 20.4. The highest BCUT2D eigenvalue weighted by atomic mass is 35.5. The number of aromatic nitrogens is 1. The van der Waals surface area contributed by atoms with Crippen LogP contribution in [0.1, 0.15) is 33.6 Å². The lowest BCUT2D eigenvalue weighted by molar-refractivity contribution is -0.137. The second-order valence-electron chi connectivity index (χ2n) is 8.66. The van der Waals surface area contributed by atoms with Gasteiger partial charge in [-0.25, -0.2) is 4.79 Å². The average Bonchev–Trinajstić information content (AvgIpc) is 3.21. The van der Waals surface area contributed by atoms with E-state index in [0.717, 1.165) is 34.3 Å². The number of aryl methyl sites for hydroxylation is 1. The molecule has 198 valence electrons. The molecule has 0 saturated heterocycles. The molecule has 1 aliphatic carbocycles. The second kappa shape index (κ2) is 11.4. The van der Waals surface area contributed by atoms with E-state index in [1.807, 2.05) is 6.07 Å². The number of aliphatic hydroxyl groups is 1. The van der Waals surface area contributed by atoms with Gasteiger partial charge in [0.25, 0.3) is 5.91 Å². The number of urea groups is 1. The molecule has 2 aromatic carbocycles. The van der Waals surface area contributed by atoms with Gasteiger partial charge in [0.15, 0.2) is 0 Å². The van der Waals surface area contributed by atoms with Gasteiger partial charge < -0.3 is 30.8 Å². The molecule has 0 saturated carbocycles. The predicted octanol–water partition coefficient (Wildman–Crippen LogP) is 4.26. The second-order valence-corrected chi connectivity index (χ2v) is 9.07. The molecule has 4 rings (SSSR count). The summed E-state index contributed by atoms with van der Waals surface area (Å²) in [5.41, 5.74) is 2.32. The number of aliphatic hydroxyl groups excluding tert-OH is 1. The van der Waals surface area contributed by atoms with Crippen molar-refractivity contribution in [3.8, 4) is 0 Å². The minimum atomic E-state index is -4.64. The van der Waals surface area contributed by atoms with Gasteiger partial charge in [0.2, 0.25) is 0 Å². The number of carbonyl (C=O) groups is 2. The van der Waals surface area contributed by atoms with Gasteiger partial charge in [-0.15, -0.1) is 0 Å². The molecule has 1 aliphatic rings. The van der Waals surface area contributed by atoms with E-state index in [9.17, 15) is 22.8 Å². The quantitative estimate of drug-likeness (QED) is 0.276. The van der Waals surface area contributed by atoms with Crippen molar-refractivity contribution < 1.29 is 32.6 Å². The smallest absolute Gasteiger partial charge is 0.394 e. The van der Waals surface area contributed by atoms with Gasteiger partial charge in [0.05, 0.1) is 30.4 Å². The first-order valence-electron chi connectivity index (χ1n) is 11.7. The summed E-state index contributed by atoms with van der Waals surface area (Å²) in [6.45, 7) is 0.720. The highest BCUT2D eigenvalue weighted by molar-refractivity contribution is 6.31. The van der Waals surface area contributed by atoms with Crippen LogP contribution >= 0.6 is 11.6 Å². The molecular weight excluding hydrogens is 513 g/mol. The van der Waals surface area contributed by atoms with Crippen molar-refractivity contribution in [1.29, 1.82) is 0 Å². The molecule has 1 aromatic heterocycles. The van der Waals surface area contributed by atoms with Crippen molar-refractivity contribution >= 4 is 40.1 Å². The van der Waals surface area contributed by atoms with Crippen LogP contribution in [0.25, 0.3) is 10.9 Å². The number of anilines is 1. The molecule has 0 bridgehead atoms. The lowest BCUT2D eigenvalue weighted by Gasteiger charge is -2.24. The van der Waals surface area contributed by atoms with E-state index in [4.69, 9.17) is 21.4 Å². The van der Waals surface area contributed by atoms with Crippen LogP contribution in [0.3, 0.4) is 0 Å². The van der Waals surface area contributed by atoms with Crippen molar-refractivity contribution in [2.45, 2.75) is 31.5 Å². The number of hydrogen-bond donors (Lipinski definition) is 5. The van der Waals surface area contributed by atoms with Crippen molar-refractivity contribution in [3.05, 3.63) is 63.8 Å². The highest BCUT2D eigenvalue weighted by Crippen LogP contribution is 2.36. The van der Waals surface area contributed by atoms with Crippen LogP contribution in [0, 0.1) is 0 Å². The first-order valence-corrected chi connectivity index (χ1v) is 12.1. The third-order valence-electron chi connectivity index (χ3n) is 6.08. The van der Waals surface area contributed by atoms with E-state index in [1.165, 1.54) is 6.07 Å². The molecule has 0 spiro atoms. The summed E-state index contributed by atoms with van der Waals surface area (Å²) in [4.78, 5) is 28.4. The largest absolute Gasteiger partial charge is 0.417 e. The van der Waals surface area contributed by atoms with E-state index >= 15 is 0 Å². The molecule has 1 heterocycles. The predicted molar refractivity (Wildman–Crippen MR) is 133 cm³/mol. The zero-order chi connectivity index (χ0) is 26.6. The number of halogens is 4. The summed E-state index contributed by atoms with van der Waals surface area (Å²) in [5, 5.41) is 17.2. The Hall–Kier alpha value is -3.28. The molecule has 0 fully saturated rings. The van der Waals surface area contributed by atoms with E-state index in [0.29, 0.717) is 31.4 Å². The fourth-order valence-electron chi connectivity index (χ4n) is 4.36. The number of fused-ring (bicyclic) bond motifs is 3. The monoisotopic (exact) mass is 538 g/mol. The molecule has 1 atom stereocenters. The Morgan fingerprint density at radius 3 is 2.73 bits per heavy atom. The van der Waals surface area contributed by atoms with Crippen LogP contribution < -0.4 is 16.0 Å². The van der Waals surface area contributed by atoms with Crippen LogP contribution in [0.2, 0.25) is 5.02 Å². The van der Waals surface area contributed by atoms with Crippen molar-refractivity contribution in [3.63, 3.8) is 0 Å². The molecule has 3 aromatic rings. The molecule has 1 unspecified atom stereocenters. The summed E-state index contributed by atoms with van der Waals surface area (Å²) in [5.74, 6) is -0.254. The summed E-state index contributed by atoms with van der Waals surface area (Å²) < 4.78 is 44.5. The first kappa shape index (κ1) is 26.8. The lowest BCUT2D eigenvalue weighted by atomic mass is 9.91. The minimum Gasteiger partial charge on any atom is -0.394 e. The van der Waals surface area contributed by atoms with Crippen LogP contribution in [-0.2, 0) is 23.8 Å². The Kier molecular flexibility index (Phi) is 8.25. The maximum Gasteiger partial charge on any atom is 0.417 e. The van der Waals surface area contributed by atoms with Gasteiger partial charge in [-0.05, 0) is 61.2 Å². The highest BCUT2D eigenvalue weighted by Gasteiger charge is 2.33. The molecule has 8 nitrogen and oxygen atoms in total. The Balaban J connectivity index is 1.41. The summed E-state index contributed by atoms with van der Waals surface area (Å²) >= 11 is 5.64. The molecule has 5 N–H and O–H groups in total. The third kappa shape index (κ3) is 6.54. The topological polar surface area (TPSA) is 115 Å². The van der Waals surface area contributed by atoms with Gasteiger partial charge in [-0.2, -0.15) is 13.2 Å². The standard InChI is InChI=1S/C25H26ClF3N4O4/c26-20-4-2-16(13-19(20)25(27,28)29)32-24(36)31-15-3-6-22-18(12-15)17-11-14(1-5-21(17)33-22)23(35)30-7-9-37-10-8-34/h1-2,4-5,11,13,15,33-34H,3,6-10,12H2,(H,30,35)(H2,31,32,36). The zero-order valence-electron chi connectivity index (χ0n) is 19.7. The number of hydrogen-bond acceptors (Lipinski definition) is 4. The summed E-state index contributed by atoms with van der Waals surface area (Å²) in [6.07, 6.45) is -2.83. The number of ether oxygens (including phenoxy) is 1.